The molecule has 0 spiro atoms. The molecule has 13 heavy (non-hydrogen) atoms. The SMILES string of the molecule is CCOC(=O)CCC(C)(C#N)C#N. The highest BCUT2D eigenvalue weighted by Crippen LogP contribution is 2.20. The quantitative estimate of drug-likeness (QED) is 0.612. The Balaban J connectivity index is 3.97. The molecule has 0 N–H and O–H groups in total. The molecule has 0 rings (SSSR count). The lowest BCUT2D eigenvalue weighted by molar-refractivity contribution is -0.143. The molecule has 70 valence electrons. The van der Waals surface area contributed by atoms with Crippen molar-refractivity contribution in [1.82, 2.24) is 0 Å². The van der Waals surface area contributed by atoms with Gasteiger partial charge in [0.25, 0.3) is 0 Å². The minimum absolute atomic E-state index is 0.117. The zero-order chi connectivity index (χ0) is 10.3. The van der Waals surface area contributed by atoms with Crippen molar-refractivity contribution >= 4 is 5.97 Å². The van der Waals surface area contributed by atoms with Crippen molar-refractivity contribution in [3.05, 3.63) is 0 Å². The monoisotopic (exact) mass is 180 g/mol. The minimum Gasteiger partial charge on any atom is -0.466 e. The van der Waals surface area contributed by atoms with Gasteiger partial charge in [0, 0.05) is 6.42 Å². The van der Waals surface area contributed by atoms with Gasteiger partial charge in [0.15, 0.2) is 0 Å². The molecule has 0 aliphatic rings. The van der Waals surface area contributed by atoms with Crippen LogP contribution in [0.15, 0.2) is 0 Å². The molecule has 0 aromatic carbocycles. The molecule has 0 bridgehead atoms. The number of carbonyl (C=O) groups is 1. The zero-order valence-corrected chi connectivity index (χ0v) is 7.83. The van der Waals surface area contributed by atoms with E-state index in [-0.39, 0.29) is 18.8 Å². The first kappa shape index (κ1) is 11.4. The largest absolute Gasteiger partial charge is 0.466 e. The normalized spacial score (nSPS) is 9.85. The minimum atomic E-state index is -1.08. The molecule has 0 aliphatic heterocycles. The second-order valence-corrected chi connectivity index (χ2v) is 2.86. The van der Waals surface area contributed by atoms with Gasteiger partial charge in [-0.05, 0) is 20.3 Å². The Morgan fingerprint density at radius 1 is 1.46 bits per heavy atom. The molecule has 0 aliphatic carbocycles. The molecule has 0 radical (unpaired) electrons. The highest BCUT2D eigenvalue weighted by atomic mass is 16.5. The fraction of sp³-hybridized carbons (Fsp3) is 0.667. The van der Waals surface area contributed by atoms with Gasteiger partial charge in [0.2, 0.25) is 0 Å². The molecule has 0 saturated heterocycles. The molecule has 4 nitrogen and oxygen atoms in total. The van der Waals surface area contributed by atoms with Gasteiger partial charge in [-0.25, -0.2) is 0 Å². The number of hydrogen-bond donors (Lipinski definition) is 0. The van der Waals surface area contributed by atoms with Crippen LogP contribution in [0.4, 0.5) is 0 Å². The van der Waals surface area contributed by atoms with Gasteiger partial charge < -0.3 is 4.74 Å². The Kier molecular flexibility index (Phi) is 4.54. The number of hydrogen-bond acceptors (Lipinski definition) is 4. The highest BCUT2D eigenvalue weighted by molar-refractivity contribution is 5.69. The van der Waals surface area contributed by atoms with Crippen LogP contribution in [0, 0.1) is 28.1 Å². The van der Waals surface area contributed by atoms with Crippen molar-refractivity contribution in [2.45, 2.75) is 26.7 Å². The Morgan fingerprint density at radius 3 is 2.38 bits per heavy atom. The number of esters is 1. The lowest BCUT2D eigenvalue weighted by Crippen LogP contribution is -2.14. The molecule has 0 fully saturated rings. The van der Waals surface area contributed by atoms with Gasteiger partial charge in [0.1, 0.15) is 5.41 Å². The number of ether oxygens (including phenoxy) is 1. The van der Waals surface area contributed by atoms with Crippen LogP contribution in [0.5, 0.6) is 0 Å². The molecular formula is C9H12N2O2. The van der Waals surface area contributed by atoms with Crippen LogP contribution in [0.3, 0.4) is 0 Å². The predicted molar refractivity (Wildman–Crippen MR) is 45.2 cm³/mol. The third-order valence-electron chi connectivity index (χ3n) is 1.63. The average molecular weight is 180 g/mol. The first-order chi connectivity index (χ1) is 6.08. The van der Waals surface area contributed by atoms with Gasteiger partial charge in [-0.1, -0.05) is 0 Å². The van der Waals surface area contributed by atoms with Crippen molar-refractivity contribution < 1.29 is 9.53 Å². The molecule has 0 saturated carbocycles. The number of carbonyl (C=O) groups excluding carboxylic acids is 1. The van der Waals surface area contributed by atoms with Gasteiger partial charge in [-0.15, -0.1) is 0 Å². The lowest BCUT2D eigenvalue weighted by Gasteiger charge is -2.10. The Bertz CT molecular complexity index is 246. The summed E-state index contributed by atoms with van der Waals surface area (Å²) in [5.41, 5.74) is -1.08. The first-order valence-electron chi connectivity index (χ1n) is 4.06. The van der Waals surface area contributed by atoms with Crippen LogP contribution in [0.2, 0.25) is 0 Å². The summed E-state index contributed by atoms with van der Waals surface area (Å²) in [6, 6.07) is 3.71. The summed E-state index contributed by atoms with van der Waals surface area (Å²) in [6.45, 7) is 3.55. The zero-order valence-electron chi connectivity index (χ0n) is 7.83. The highest BCUT2D eigenvalue weighted by Gasteiger charge is 2.24. The van der Waals surface area contributed by atoms with E-state index in [1.165, 1.54) is 6.92 Å². The number of nitriles is 2. The van der Waals surface area contributed by atoms with Crippen molar-refractivity contribution in [3.63, 3.8) is 0 Å². The molecule has 0 amide bonds. The van der Waals surface area contributed by atoms with E-state index in [2.05, 4.69) is 4.74 Å². The smallest absolute Gasteiger partial charge is 0.305 e. The molecule has 0 atom stereocenters. The van der Waals surface area contributed by atoms with Crippen molar-refractivity contribution in [1.29, 1.82) is 10.5 Å². The maximum atomic E-state index is 10.9. The number of nitrogens with zero attached hydrogens (tertiary/aromatic N) is 2. The van der Waals surface area contributed by atoms with E-state index in [9.17, 15) is 4.79 Å². The maximum absolute atomic E-state index is 10.9. The van der Waals surface area contributed by atoms with Crippen LogP contribution >= 0.6 is 0 Å². The topological polar surface area (TPSA) is 73.9 Å². The van der Waals surface area contributed by atoms with E-state index < -0.39 is 5.41 Å². The third-order valence-corrected chi connectivity index (χ3v) is 1.63. The number of rotatable bonds is 4. The lowest BCUT2D eigenvalue weighted by atomic mass is 9.89. The summed E-state index contributed by atoms with van der Waals surface area (Å²) < 4.78 is 4.67. The van der Waals surface area contributed by atoms with Crippen molar-refractivity contribution in [2.24, 2.45) is 5.41 Å². The van der Waals surface area contributed by atoms with E-state index in [4.69, 9.17) is 10.5 Å². The summed E-state index contributed by atoms with van der Waals surface area (Å²) in [5, 5.41) is 17.2. The second kappa shape index (κ2) is 5.16. The van der Waals surface area contributed by atoms with Gasteiger partial charge in [0.05, 0.1) is 18.7 Å². The van der Waals surface area contributed by atoms with E-state index in [0.29, 0.717) is 6.61 Å². The first-order valence-corrected chi connectivity index (χ1v) is 4.06. The predicted octanol–water partition coefficient (Wildman–Crippen LogP) is 1.38. The molecule has 4 heteroatoms. The fourth-order valence-electron chi connectivity index (χ4n) is 0.722. The van der Waals surface area contributed by atoms with Gasteiger partial charge in [-0.3, -0.25) is 4.79 Å². The summed E-state index contributed by atoms with van der Waals surface area (Å²) in [7, 11) is 0. The van der Waals surface area contributed by atoms with Crippen LogP contribution in [0.25, 0.3) is 0 Å². The standard InChI is InChI=1S/C9H12N2O2/c1-3-13-8(12)4-5-9(2,6-10)7-11/h3-5H2,1-2H3. The summed E-state index contributed by atoms with van der Waals surface area (Å²) >= 11 is 0. The van der Waals surface area contributed by atoms with E-state index in [1.807, 2.05) is 12.1 Å². The van der Waals surface area contributed by atoms with E-state index >= 15 is 0 Å². The molecule has 0 heterocycles. The third kappa shape index (κ3) is 4.12. The Labute approximate surface area is 77.7 Å². The van der Waals surface area contributed by atoms with Crippen LogP contribution in [-0.4, -0.2) is 12.6 Å². The maximum Gasteiger partial charge on any atom is 0.305 e. The van der Waals surface area contributed by atoms with Crippen LogP contribution in [-0.2, 0) is 9.53 Å². The Hall–Kier alpha value is -1.55. The fourth-order valence-corrected chi connectivity index (χ4v) is 0.722. The van der Waals surface area contributed by atoms with E-state index in [0.717, 1.165) is 0 Å². The summed E-state index contributed by atoms with van der Waals surface area (Å²) in [6.07, 6.45) is 0.338. The molecule has 0 unspecified atom stereocenters. The second-order valence-electron chi connectivity index (χ2n) is 2.86. The summed E-state index contributed by atoms with van der Waals surface area (Å²) in [4.78, 5) is 10.9. The van der Waals surface area contributed by atoms with Crippen LogP contribution in [0.1, 0.15) is 26.7 Å². The molecular weight excluding hydrogens is 168 g/mol. The van der Waals surface area contributed by atoms with Crippen LogP contribution < -0.4 is 0 Å². The summed E-state index contributed by atoms with van der Waals surface area (Å²) in [5.74, 6) is -0.362. The van der Waals surface area contributed by atoms with Gasteiger partial charge in [-0.2, -0.15) is 10.5 Å². The van der Waals surface area contributed by atoms with Crippen molar-refractivity contribution in [3.8, 4) is 12.1 Å². The van der Waals surface area contributed by atoms with E-state index in [1.54, 1.807) is 6.92 Å². The van der Waals surface area contributed by atoms with Gasteiger partial charge >= 0.3 is 5.97 Å². The Morgan fingerprint density at radius 2 is 2.00 bits per heavy atom. The molecule has 0 aromatic rings. The van der Waals surface area contributed by atoms with Crippen molar-refractivity contribution in [2.75, 3.05) is 6.61 Å². The average Bonchev–Trinajstić information content (AvgIpc) is 2.15. The molecule has 0 aromatic heterocycles.